The smallest absolute Gasteiger partial charge is 0.145 e. The molecule has 2 aromatic rings. The third kappa shape index (κ3) is 2.42. The molecule has 0 bridgehead atoms. The Balaban J connectivity index is 2.64. The quantitative estimate of drug-likeness (QED) is 0.792. The minimum absolute atomic E-state index is 0.0111. The van der Waals surface area contributed by atoms with E-state index in [4.69, 9.17) is 11.6 Å². The summed E-state index contributed by atoms with van der Waals surface area (Å²) in [6, 6.07) is 8.37. The van der Waals surface area contributed by atoms with Gasteiger partial charge in [-0.1, -0.05) is 40.9 Å². The first-order valence-corrected chi connectivity index (χ1v) is 5.62. The maximum absolute atomic E-state index is 13.1. The van der Waals surface area contributed by atoms with E-state index in [1.807, 2.05) is 32.0 Å². The van der Waals surface area contributed by atoms with Gasteiger partial charge in [0.05, 0.1) is 5.02 Å². The lowest BCUT2D eigenvalue weighted by Gasteiger charge is -2.08. The molecule has 2 aromatic carbocycles. The van der Waals surface area contributed by atoms with Crippen molar-refractivity contribution in [3.05, 3.63) is 52.3 Å². The van der Waals surface area contributed by atoms with Crippen molar-refractivity contribution in [1.29, 1.82) is 0 Å². The molecule has 0 aromatic heterocycles. The van der Waals surface area contributed by atoms with Crippen LogP contribution in [0.4, 0.5) is 4.39 Å². The zero-order valence-electron chi connectivity index (χ0n) is 9.59. The first-order chi connectivity index (χ1) is 7.97. The van der Waals surface area contributed by atoms with Crippen molar-refractivity contribution in [3.63, 3.8) is 0 Å². The van der Waals surface area contributed by atoms with E-state index in [0.29, 0.717) is 5.56 Å². The Morgan fingerprint density at radius 1 is 1.00 bits per heavy atom. The summed E-state index contributed by atoms with van der Waals surface area (Å²) in [5, 5.41) is 9.76. The van der Waals surface area contributed by atoms with Gasteiger partial charge < -0.3 is 5.11 Å². The molecule has 0 aliphatic carbocycles. The predicted octanol–water partition coefficient (Wildman–Crippen LogP) is 4.47. The van der Waals surface area contributed by atoms with Crippen molar-refractivity contribution in [2.24, 2.45) is 0 Å². The Labute approximate surface area is 104 Å². The third-order valence-electron chi connectivity index (χ3n) is 2.57. The topological polar surface area (TPSA) is 20.2 Å². The van der Waals surface area contributed by atoms with E-state index < -0.39 is 5.82 Å². The average molecular weight is 251 g/mol. The molecule has 0 aliphatic heterocycles. The monoisotopic (exact) mass is 250 g/mol. The van der Waals surface area contributed by atoms with Crippen LogP contribution in [0.15, 0.2) is 30.3 Å². The molecule has 0 saturated heterocycles. The van der Waals surface area contributed by atoms with Crippen molar-refractivity contribution in [2.45, 2.75) is 13.8 Å². The highest BCUT2D eigenvalue weighted by Gasteiger charge is 2.10. The second-order valence-corrected chi connectivity index (χ2v) is 4.57. The maximum atomic E-state index is 13.1. The van der Waals surface area contributed by atoms with Gasteiger partial charge in [0.1, 0.15) is 11.6 Å². The van der Waals surface area contributed by atoms with E-state index in [2.05, 4.69) is 0 Å². The second-order valence-electron chi connectivity index (χ2n) is 4.16. The van der Waals surface area contributed by atoms with Gasteiger partial charge in [-0.25, -0.2) is 4.39 Å². The van der Waals surface area contributed by atoms with Crippen LogP contribution in [0.2, 0.25) is 5.02 Å². The van der Waals surface area contributed by atoms with Crippen LogP contribution in [0.1, 0.15) is 11.1 Å². The van der Waals surface area contributed by atoms with Gasteiger partial charge in [0.2, 0.25) is 0 Å². The Morgan fingerprint density at radius 2 is 1.59 bits per heavy atom. The van der Waals surface area contributed by atoms with Gasteiger partial charge in [0.25, 0.3) is 0 Å². The highest BCUT2D eigenvalue weighted by Crippen LogP contribution is 2.34. The van der Waals surface area contributed by atoms with Crippen LogP contribution in [0.3, 0.4) is 0 Å². The number of benzene rings is 2. The summed E-state index contributed by atoms with van der Waals surface area (Å²) in [4.78, 5) is 0. The molecule has 0 atom stereocenters. The summed E-state index contributed by atoms with van der Waals surface area (Å²) in [5.41, 5.74) is 3.55. The molecule has 0 aliphatic rings. The largest absolute Gasteiger partial charge is 0.507 e. The van der Waals surface area contributed by atoms with Crippen LogP contribution >= 0.6 is 11.6 Å². The molecule has 3 heteroatoms. The minimum atomic E-state index is -0.614. The SMILES string of the molecule is Cc1cc(C)cc(-c2cc(Cl)c(F)cc2O)c1. The number of rotatable bonds is 1. The Bertz CT molecular complexity index is 558. The maximum Gasteiger partial charge on any atom is 0.145 e. The third-order valence-corrected chi connectivity index (χ3v) is 2.86. The first kappa shape index (κ1) is 11.9. The molecule has 88 valence electrons. The molecule has 17 heavy (non-hydrogen) atoms. The van der Waals surface area contributed by atoms with E-state index in [9.17, 15) is 9.50 Å². The summed E-state index contributed by atoms with van der Waals surface area (Å²) >= 11 is 5.73. The molecule has 0 amide bonds. The Hall–Kier alpha value is -1.54. The van der Waals surface area contributed by atoms with Crippen molar-refractivity contribution >= 4 is 11.6 Å². The minimum Gasteiger partial charge on any atom is -0.507 e. The predicted molar refractivity (Wildman–Crippen MR) is 68.0 cm³/mol. The normalized spacial score (nSPS) is 10.6. The van der Waals surface area contributed by atoms with Crippen LogP contribution in [-0.2, 0) is 0 Å². The number of aromatic hydroxyl groups is 1. The van der Waals surface area contributed by atoms with E-state index in [-0.39, 0.29) is 10.8 Å². The number of hydrogen-bond acceptors (Lipinski definition) is 1. The van der Waals surface area contributed by atoms with Crippen molar-refractivity contribution in [3.8, 4) is 16.9 Å². The fourth-order valence-corrected chi connectivity index (χ4v) is 2.06. The number of hydrogen-bond donors (Lipinski definition) is 1. The van der Waals surface area contributed by atoms with Crippen LogP contribution in [0.5, 0.6) is 5.75 Å². The molecule has 0 saturated carbocycles. The van der Waals surface area contributed by atoms with Crippen LogP contribution in [0, 0.1) is 19.7 Å². The number of halogens is 2. The van der Waals surface area contributed by atoms with Gasteiger partial charge in [-0.3, -0.25) is 0 Å². The lowest BCUT2D eigenvalue weighted by molar-refractivity contribution is 0.471. The Kier molecular flexibility index (Phi) is 3.07. The molecular weight excluding hydrogens is 239 g/mol. The van der Waals surface area contributed by atoms with Gasteiger partial charge in [0.15, 0.2) is 0 Å². The number of phenolic OH excluding ortho intramolecular Hbond substituents is 1. The molecule has 0 spiro atoms. The molecular formula is C14H12ClFO. The average Bonchev–Trinajstić information content (AvgIpc) is 2.22. The lowest BCUT2D eigenvalue weighted by atomic mass is 10.00. The molecule has 0 unspecified atom stereocenters. The fourth-order valence-electron chi connectivity index (χ4n) is 1.90. The molecule has 0 heterocycles. The zero-order valence-corrected chi connectivity index (χ0v) is 10.3. The molecule has 1 nitrogen and oxygen atoms in total. The summed E-state index contributed by atoms with van der Waals surface area (Å²) in [5.74, 6) is -0.714. The standard InChI is InChI=1S/C14H12ClFO/c1-8-3-9(2)5-10(4-8)11-6-12(15)13(16)7-14(11)17/h3-7,17H,1-2H3. The van der Waals surface area contributed by atoms with Gasteiger partial charge >= 0.3 is 0 Å². The molecule has 0 fully saturated rings. The van der Waals surface area contributed by atoms with Crippen molar-refractivity contribution in [2.75, 3.05) is 0 Å². The molecule has 2 rings (SSSR count). The van der Waals surface area contributed by atoms with Gasteiger partial charge in [-0.05, 0) is 25.5 Å². The van der Waals surface area contributed by atoms with Crippen LogP contribution in [-0.4, -0.2) is 5.11 Å². The fraction of sp³-hybridized carbons (Fsp3) is 0.143. The van der Waals surface area contributed by atoms with Crippen molar-refractivity contribution < 1.29 is 9.50 Å². The summed E-state index contributed by atoms with van der Waals surface area (Å²) < 4.78 is 13.1. The highest BCUT2D eigenvalue weighted by atomic mass is 35.5. The Morgan fingerprint density at radius 3 is 2.18 bits per heavy atom. The summed E-state index contributed by atoms with van der Waals surface area (Å²) in [7, 11) is 0. The van der Waals surface area contributed by atoms with Gasteiger partial charge in [-0.2, -0.15) is 0 Å². The van der Waals surface area contributed by atoms with Crippen LogP contribution in [0.25, 0.3) is 11.1 Å². The first-order valence-electron chi connectivity index (χ1n) is 5.24. The highest BCUT2D eigenvalue weighted by molar-refractivity contribution is 6.31. The summed E-state index contributed by atoms with van der Waals surface area (Å²) in [6.07, 6.45) is 0. The summed E-state index contributed by atoms with van der Waals surface area (Å²) in [6.45, 7) is 3.94. The number of aryl methyl sites for hydroxylation is 2. The van der Waals surface area contributed by atoms with E-state index in [0.717, 1.165) is 22.8 Å². The second kappa shape index (κ2) is 4.38. The molecule has 0 radical (unpaired) electrons. The number of phenols is 1. The molecule has 1 N–H and O–H groups in total. The van der Waals surface area contributed by atoms with Gasteiger partial charge in [0, 0.05) is 11.6 Å². The van der Waals surface area contributed by atoms with Crippen LogP contribution < -0.4 is 0 Å². The van der Waals surface area contributed by atoms with E-state index in [1.165, 1.54) is 6.07 Å². The zero-order chi connectivity index (χ0) is 12.6. The lowest BCUT2D eigenvalue weighted by Crippen LogP contribution is -1.86. The van der Waals surface area contributed by atoms with Gasteiger partial charge in [-0.15, -0.1) is 0 Å². The van der Waals surface area contributed by atoms with Crippen molar-refractivity contribution in [1.82, 2.24) is 0 Å². The van der Waals surface area contributed by atoms with E-state index in [1.54, 1.807) is 0 Å². The van der Waals surface area contributed by atoms with E-state index >= 15 is 0 Å².